The number of hydrogen-bond acceptors (Lipinski definition) is 5. The number of allylic oxidation sites excluding steroid dienone is 8. The third-order valence-electron chi connectivity index (χ3n) is 8.46. The van der Waals surface area contributed by atoms with Crippen LogP contribution < -0.4 is 22.9 Å². The lowest BCUT2D eigenvalue weighted by Crippen LogP contribution is -2.18. The quantitative estimate of drug-likeness (QED) is 0.0747. The van der Waals surface area contributed by atoms with Crippen molar-refractivity contribution < 1.29 is 0 Å². The molecule has 0 aliphatic carbocycles. The van der Waals surface area contributed by atoms with Crippen molar-refractivity contribution >= 4 is 23.2 Å². The van der Waals surface area contributed by atoms with Gasteiger partial charge in [-0.15, -0.1) is 0 Å². The zero-order valence-electron chi connectivity index (χ0n) is 40.4. The molecule has 3 aromatic carbocycles. The predicted molar refractivity (Wildman–Crippen MR) is 270 cm³/mol. The molecule has 3 aromatic rings. The molecule has 326 valence electrons. The van der Waals surface area contributed by atoms with Gasteiger partial charge in [0.15, 0.2) is 0 Å². The van der Waals surface area contributed by atoms with Crippen LogP contribution in [0.25, 0.3) is 11.1 Å². The smallest absolute Gasteiger partial charge is 0.139 e. The summed E-state index contributed by atoms with van der Waals surface area (Å²) in [5, 5.41) is 7.22. The van der Waals surface area contributed by atoms with E-state index >= 15 is 0 Å². The Kier molecular flexibility index (Phi) is 33.2. The largest absolute Gasteiger partial charge is 0.404 e. The molecule has 0 aliphatic rings. The highest BCUT2D eigenvalue weighted by Gasteiger charge is 2.07. The van der Waals surface area contributed by atoms with Gasteiger partial charge in [-0.1, -0.05) is 132 Å². The van der Waals surface area contributed by atoms with E-state index in [9.17, 15) is 0 Å². The first-order valence-corrected chi connectivity index (χ1v) is 21.2. The van der Waals surface area contributed by atoms with Gasteiger partial charge in [0.05, 0.1) is 5.70 Å². The summed E-state index contributed by atoms with van der Waals surface area (Å²) in [5.74, 6) is -0.101. The van der Waals surface area contributed by atoms with Crippen LogP contribution in [0.5, 0.6) is 0 Å². The molecule has 0 radical (unpaired) electrons. The van der Waals surface area contributed by atoms with E-state index in [0.717, 1.165) is 29.7 Å². The van der Waals surface area contributed by atoms with Crippen molar-refractivity contribution in [1.29, 1.82) is 5.41 Å². The summed E-state index contributed by atoms with van der Waals surface area (Å²) in [6.07, 6.45) is 18.0. The van der Waals surface area contributed by atoms with Gasteiger partial charge in [-0.2, -0.15) is 0 Å². The fourth-order valence-corrected chi connectivity index (χ4v) is 6.38. The van der Waals surface area contributed by atoms with Crippen LogP contribution in [0.2, 0.25) is 0 Å². The number of amidine groups is 1. The topological polar surface area (TPSA) is 140 Å². The lowest BCUT2D eigenvalue weighted by molar-refractivity contribution is 1.01. The second-order valence-corrected chi connectivity index (χ2v) is 14.2. The first-order valence-electron chi connectivity index (χ1n) is 21.2. The summed E-state index contributed by atoms with van der Waals surface area (Å²) >= 11 is 0. The maximum Gasteiger partial charge on any atom is 0.139 e. The Labute approximate surface area is 362 Å². The van der Waals surface area contributed by atoms with Gasteiger partial charge in [0.1, 0.15) is 5.84 Å². The minimum atomic E-state index is -0.101. The number of nitrogens with zero attached hydrogens (tertiary/aromatic N) is 1. The highest BCUT2D eigenvalue weighted by atomic mass is 14.8. The summed E-state index contributed by atoms with van der Waals surface area (Å²) in [4.78, 5) is 4.38. The summed E-state index contributed by atoms with van der Waals surface area (Å²) in [7, 11) is 0. The average Bonchev–Trinajstić information content (AvgIpc) is 3.16. The molecule has 0 fully saturated rings. The van der Waals surface area contributed by atoms with E-state index in [4.69, 9.17) is 28.3 Å². The van der Waals surface area contributed by atoms with Gasteiger partial charge >= 0.3 is 0 Å². The maximum atomic E-state index is 7.22. The van der Waals surface area contributed by atoms with Gasteiger partial charge in [0, 0.05) is 24.5 Å². The van der Waals surface area contributed by atoms with Crippen LogP contribution in [0.15, 0.2) is 102 Å². The molecule has 0 saturated heterocycles. The Morgan fingerprint density at radius 1 is 0.678 bits per heavy atom. The molecule has 0 aliphatic heterocycles. The van der Waals surface area contributed by atoms with E-state index in [1.165, 1.54) is 73.2 Å². The molecule has 0 aromatic heterocycles. The van der Waals surface area contributed by atoms with Gasteiger partial charge in [-0.3, -0.25) is 10.4 Å². The molecule has 59 heavy (non-hydrogen) atoms. The molecule has 9 N–H and O–H groups in total. The van der Waals surface area contributed by atoms with Crippen LogP contribution in [0.4, 0.5) is 0 Å². The first kappa shape index (κ1) is 58.1. The zero-order chi connectivity index (χ0) is 46.2. The van der Waals surface area contributed by atoms with Gasteiger partial charge in [-0.05, 0) is 162 Å². The Morgan fingerprint density at radius 2 is 1.08 bits per heavy atom. The normalized spacial score (nSPS) is 11.4. The summed E-state index contributed by atoms with van der Waals surface area (Å²) in [5.41, 5.74) is 41.0. The molecule has 0 spiro atoms. The number of nitrogens with one attached hydrogen (secondary N) is 1. The summed E-state index contributed by atoms with van der Waals surface area (Å²) in [6, 6.07) is 13.1. The third kappa shape index (κ3) is 23.7. The summed E-state index contributed by atoms with van der Waals surface area (Å²) in [6.45, 7) is 39.7. The third-order valence-corrected chi connectivity index (χ3v) is 8.46. The molecule has 0 amide bonds. The van der Waals surface area contributed by atoms with Crippen LogP contribution in [0.1, 0.15) is 135 Å². The molecular formula is C53H84N6. The second kappa shape index (κ2) is 33.7. The molecule has 0 atom stereocenters. The van der Waals surface area contributed by atoms with E-state index in [0.29, 0.717) is 6.54 Å². The van der Waals surface area contributed by atoms with Gasteiger partial charge < -0.3 is 22.9 Å². The Hall–Kier alpha value is -5.20. The van der Waals surface area contributed by atoms with E-state index in [1.54, 1.807) is 18.4 Å². The van der Waals surface area contributed by atoms with Crippen molar-refractivity contribution in [3.05, 3.63) is 164 Å². The average molecular weight is 805 g/mol. The number of rotatable bonds is 11. The van der Waals surface area contributed by atoms with E-state index < -0.39 is 0 Å². The van der Waals surface area contributed by atoms with Crippen molar-refractivity contribution in [2.45, 2.75) is 137 Å². The van der Waals surface area contributed by atoms with Crippen LogP contribution in [0.3, 0.4) is 0 Å². The van der Waals surface area contributed by atoms with Crippen LogP contribution in [0, 0.1) is 67.7 Å². The highest BCUT2D eigenvalue weighted by molar-refractivity contribution is 5.94. The second-order valence-electron chi connectivity index (χ2n) is 14.2. The van der Waals surface area contributed by atoms with Crippen molar-refractivity contribution in [2.75, 3.05) is 6.54 Å². The number of benzene rings is 3. The fourth-order valence-electron chi connectivity index (χ4n) is 6.38. The minimum absolute atomic E-state index is 0.101. The van der Waals surface area contributed by atoms with Crippen LogP contribution in [-0.4, -0.2) is 18.6 Å². The number of aliphatic imine (C=N–C) groups is 1. The first-order chi connectivity index (χ1) is 27.9. The van der Waals surface area contributed by atoms with Gasteiger partial charge in [0.2, 0.25) is 0 Å². The standard InChI is InChI=1S/C16H21N.C15H21N3.C15H22N2.C3H8.2C2H6/c1-6-7-15(5)17-9-8-16-13(3)10-12(2)11-14(16)4;1-9-7-11(3)14(12(4)8-9)10(2)5-6-13(16)15(17)18;1-11-8-12(2)15(13(3)9-11)14(10-17)6-4-5-7-16;1-3-2;2*1-2/h6-7,9-11H,1,8H2,2-5H3;5-8H,16H2,1-4H3,(H3,17,18);4,6,8-10H,5,7,16-17H2,1-3H3;3H2,1-2H3;2*1-2H3/b15-7-,17-9?;10-5+,13-6-;6-4-,14-10+;;;. The van der Waals surface area contributed by atoms with Crippen molar-refractivity contribution in [3.8, 4) is 0 Å². The van der Waals surface area contributed by atoms with Gasteiger partial charge in [-0.25, -0.2) is 0 Å². The Bertz CT molecular complexity index is 1830. The molecule has 6 heteroatoms. The lowest BCUT2D eigenvalue weighted by atomic mass is 9.94. The predicted octanol–water partition coefficient (Wildman–Crippen LogP) is 13.4. The monoisotopic (exact) mass is 805 g/mol. The number of nitrogens with two attached hydrogens (primary N) is 4. The number of aryl methyl sites for hydroxylation is 9. The molecular weight excluding hydrogens is 721 g/mol. The number of hydrogen-bond donors (Lipinski definition) is 5. The van der Waals surface area contributed by atoms with E-state index in [2.05, 4.69) is 136 Å². The molecule has 3 rings (SSSR count). The van der Waals surface area contributed by atoms with Gasteiger partial charge in [0.25, 0.3) is 0 Å². The van der Waals surface area contributed by atoms with E-state index in [-0.39, 0.29) is 11.5 Å². The Morgan fingerprint density at radius 3 is 1.46 bits per heavy atom. The fraction of sp³-hybridized carbons (Fsp3) is 0.396. The molecule has 0 heterocycles. The summed E-state index contributed by atoms with van der Waals surface area (Å²) < 4.78 is 0. The van der Waals surface area contributed by atoms with Crippen molar-refractivity contribution in [3.63, 3.8) is 0 Å². The lowest BCUT2D eigenvalue weighted by Gasteiger charge is -2.12. The zero-order valence-corrected chi connectivity index (χ0v) is 40.4. The highest BCUT2D eigenvalue weighted by Crippen LogP contribution is 2.26. The minimum Gasteiger partial charge on any atom is -0.404 e. The van der Waals surface area contributed by atoms with Crippen LogP contribution in [-0.2, 0) is 6.42 Å². The molecule has 0 saturated carbocycles. The Balaban J connectivity index is -0.000000739. The maximum absolute atomic E-state index is 7.22. The van der Waals surface area contributed by atoms with E-state index in [1.807, 2.05) is 59.9 Å². The SMILES string of the molecule is C/C(=C\C=C(/N)C(=N)N)c1c(C)cc(C)cc1C.C=C/C=C(/C)N=CCc1c(C)cc(C)cc1C.CC.CC.CCC.Cc1cc(C)c(C(/C=C\CCN)=C/N)c(C)c1. The molecule has 0 bridgehead atoms. The molecule has 0 unspecified atom stereocenters. The van der Waals surface area contributed by atoms with Crippen molar-refractivity contribution in [1.82, 2.24) is 0 Å². The van der Waals surface area contributed by atoms with Crippen LogP contribution >= 0.6 is 0 Å². The molecule has 6 nitrogen and oxygen atoms in total. The van der Waals surface area contributed by atoms with Crippen molar-refractivity contribution in [2.24, 2.45) is 27.9 Å².